The van der Waals surface area contributed by atoms with Crippen LogP contribution < -0.4 is 20.4 Å². The van der Waals surface area contributed by atoms with E-state index in [0.29, 0.717) is 37.4 Å². The quantitative estimate of drug-likeness (QED) is 0.110. The van der Waals surface area contributed by atoms with Gasteiger partial charge in [0.1, 0.15) is 12.5 Å². The number of ether oxygens (including phenoxy) is 2. The zero-order valence-corrected chi connectivity index (χ0v) is 32.5. The number of carbonyl (C=O) groups excluding carboxylic acids is 2. The van der Waals surface area contributed by atoms with Gasteiger partial charge in [-0.3, -0.25) is 32.4 Å². The Labute approximate surface area is 345 Å². The van der Waals surface area contributed by atoms with Gasteiger partial charge in [-0.15, -0.1) is 49.2 Å². The molecule has 4 aromatic rings. The average molecular weight is 813 g/mol. The Morgan fingerprint density at radius 1 is 0.614 bits per heavy atom. The van der Waals surface area contributed by atoms with Crippen LogP contribution in [0, 0.1) is 47.6 Å². The van der Waals surface area contributed by atoms with E-state index in [9.17, 15) is 27.2 Å². The van der Waals surface area contributed by atoms with Crippen LogP contribution in [0.1, 0.15) is 33.6 Å². The van der Waals surface area contributed by atoms with Crippen molar-refractivity contribution in [2.45, 2.75) is 25.3 Å². The summed E-state index contributed by atoms with van der Waals surface area (Å²) >= 11 is 0. The molecule has 0 radical (unpaired) electrons. The number of anilines is 2. The molecule has 0 bridgehead atoms. The second-order valence-electron chi connectivity index (χ2n) is 12.2. The van der Waals surface area contributed by atoms with Gasteiger partial charge >= 0.3 is 21.7 Å². The predicted molar refractivity (Wildman–Crippen MR) is 205 cm³/mol. The number of nitrogens with one attached hydrogen (secondary N) is 2. The number of amides is 2. The molecule has 0 aromatic heterocycles. The van der Waals surface area contributed by atoms with Crippen molar-refractivity contribution < 1.29 is 58.3 Å². The zero-order valence-electron chi connectivity index (χ0n) is 30.9. The summed E-state index contributed by atoms with van der Waals surface area (Å²) in [6.07, 6.45) is 19.2. The number of halogens is 4. The zero-order chi connectivity index (χ0) is 39.5. The van der Waals surface area contributed by atoms with E-state index >= 15 is 0 Å². The van der Waals surface area contributed by atoms with Crippen molar-refractivity contribution in [3.05, 3.63) is 180 Å². The molecule has 2 N–H and O–H groups in total. The van der Waals surface area contributed by atoms with Crippen LogP contribution in [0.2, 0.25) is 0 Å². The van der Waals surface area contributed by atoms with Crippen LogP contribution in [-0.4, -0.2) is 63.7 Å². The number of allylic oxidation sites excluding steroid dienone is 8. The van der Waals surface area contributed by atoms with E-state index in [1.807, 2.05) is 36.4 Å². The summed E-state index contributed by atoms with van der Waals surface area (Å²) < 4.78 is 65.3. The molecule has 2 heterocycles. The molecule has 0 spiro atoms. The SMILES string of the molecule is O=C(c1ccccc1)N(CC1NCCO1)c1ccc(F)[c-]c1F.O=C(c1ccccc1)N(CC1NCCO1)c1ccc(F)[c-]c1F.[C-]1=CC=CC1.[C-]1=CC=CC1.[Ti+4]. The minimum Gasteiger partial charge on any atom is -0.360 e. The van der Waals surface area contributed by atoms with Crippen LogP contribution in [0.3, 0.4) is 0 Å². The van der Waals surface area contributed by atoms with Crippen molar-refractivity contribution in [2.75, 3.05) is 49.2 Å². The van der Waals surface area contributed by atoms with E-state index in [1.165, 1.54) is 21.9 Å². The van der Waals surface area contributed by atoms with Gasteiger partial charge in [0.05, 0.1) is 26.3 Å². The molecule has 2 saturated heterocycles. The molecule has 2 fully saturated rings. The maximum atomic E-state index is 14.1. The molecule has 8 nitrogen and oxygen atoms in total. The fourth-order valence-corrected chi connectivity index (χ4v) is 5.55. The van der Waals surface area contributed by atoms with Crippen LogP contribution in [0.4, 0.5) is 28.9 Å². The number of benzene rings is 4. The van der Waals surface area contributed by atoms with Gasteiger partial charge in [-0.25, -0.2) is 41.9 Å². The third-order valence-corrected chi connectivity index (χ3v) is 8.25. The molecule has 292 valence electrons. The number of nitrogens with zero attached hydrogens (tertiary/aromatic N) is 2. The number of carbonyl (C=O) groups is 2. The summed E-state index contributed by atoms with van der Waals surface area (Å²) in [6, 6.07) is 25.6. The topological polar surface area (TPSA) is 83.1 Å². The third kappa shape index (κ3) is 14.2. The second kappa shape index (κ2) is 24.0. The van der Waals surface area contributed by atoms with E-state index in [0.717, 1.165) is 25.0 Å². The van der Waals surface area contributed by atoms with Gasteiger partial charge in [0.25, 0.3) is 0 Å². The largest absolute Gasteiger partial charge is 4.00 e. The number of rotatable bonds is 8. The standard InChI is InChI=1S/2C17H15F2N2O2.2C5H5.Ti/c2*18-13-6-7-15(14(19)10-13)21(11-16-20-8-9-23-16)17(22)12-4-2-1-3-5-12;2*1-2-4-5-3-1;/h2*1-7,16,20H,8-9,11H2;2*1-3H,4H2;/q4*-1;+4. The first-order chi connectivity index (χ1) is 27.3. The molecule has 2 unspecified atom stereocenters. The molecule has 8 rings (SSSR count). The molecule has 57 heavy (non-hydrogen) atoms. The minimum absolute atomic E-state index is 0. The van der Waals surface area contributed by atoms with E-state index in [4.69, 9.17) is 9.47 Å². The first-order valence-electron chi connectivity index (χ1n) is 17.9. The van der Waals surface area contributed by atoms with Crippen molar-refractivity contribution in [1.29, 1.82) is 0 Å². The van der Waals surface area contributed by atoms with Gasteiger partial charge in [0.2, 0.25) is 11.8 Å². The molecular formula is C44H40F4N4O4Ti. The fourth-order valence-electron chi connectivity index (χ4n) is 5.55. The molecule has 4 aliphatic rings. The third-order valence-electron chi connectivity index (χ3n) is 8.25. The van der Waals surface area contributed by atoms with E-state index in [1.54, 1.807) is 60.7 Å². The maximum absolute atomic E-state index is 14.1. The Balaban J connectivity index is 0.000000200. The predicted octanol–water partition coefficient (Wildman–Crippen LogP) is 7.32. The molecule has 13 heteroatoms. The smallest absolute Gasteiger partial charge is 0.360 e. The summed E-state index contributed by atoms with van der Waals surface area (Å²) in [6.45, 7) is 2.60. The van der Waals surface area contributed by atoms with Crippen LogP contribution in [0.25, 0.3) is 0 Å². The molecular weight excluding hydrogens is 772 g/mol. The fraction of sp³-hybridized carbons (Fsp3) is 0.227. The van der Waals surface area contributed by atoms with E-state index in [-0.39, 0.29) is 58.0 Å². The molecule has 2 atom stereocenters. The van der Waals surface area contributed by atoms with Crippen LogP contribution in [0.15, 0.2) is 121 Å². The van der Waals surface area contributed by atoms with Crippen LogP contribution >= 0.6 is 0 Å². The molecule has 0 saturated carbocycles. The number of hydrogen-bond donors (Lipinski definition) is 2. The van der Waals surface area contributed by atoms with Gasteiger partial charge in [-0.2, -0.15) is 12.2 Å². The van der Waals surface area contributed by atoms with E-state index in [2.05, 4.69) is 34.9 Å². The first kappa shape index (κ1) is 44.8. The van der Waals surface area contributed by atoms with Gasteiger partial charge in [-0.1, -0.05) is 36.4 Å². The van der Waals surface area contributed by atoms with Crippen molar-refractivity contribution in [2.24, 2.45) is 0 Å². The van der Waals surface area contributed by atoms with Gasteiger partial charge in [0.15, 0.2) is 0 Å². The van der Waals surface area contributed by atoms with E-state index < -0.39 is 35.7 Å². The Morgan fingerprint density at radius 2 is 1.02 bits per heavy atom. The molecule has 4 aromatic carbocycles. The summed E-state index contributed by atoms with van der Waals surface area (Å²) in [5.74, 6) is -4.22. The Hall–Kier alpha value is -4.95. The molecule has 2 amide bonds. The summed E-state index contributed by atoms with van der Waals surface area (Å²) in [5.41, 5.74) is 0.763. The average Bonchev–Trinajstić information content (AvgIpc) is 4.08. The van der Waals surface area contributed by atoms with Gasteiger partial charge in [-0.05, 0) is 35.6 Å². The first-order valence-corrected chi connectivity index (χ1v) is 17.9. The van der Waals surface area contributed by atoms with Gasteiger partial charge in [0, 0.05) is 47.5 Å². The Kier molecular flexibility index (Phi) is 18.8. The van der Waals surface area contributed by atoms with Crippen molar-refractivity contribution in [3.8, 4) is 0 Å². The van der Waals surface area contributed by atoms with Crippen molar-refractivity contribution in [1.82, 2.24) is 10.6 Å². The maximum Gasteiger partial charge on any atom is 4.00 e. The molecule has 2 aliphatic carbocycles. The monoisotopic (exact) mass is 812 g/mol. The number of hydrogen-bond acceptors (Lipinski definition) is 6. The van der Waals surface area contributed by atoms with Crippen LogP contribution in [0.5, 0.6) is 0 Å². The van der Waals surface area contributed by atoms with Crippen LogP contribution in [-0.2, 0) is 31.2 Å². The van der Waals surface area contributed by atoms with Gasteiger partial charge < -0.3 is 19.3 Å². The van der Waals surface area contributed by atoms with Crippen molar-refractivity contribution >= 4 is 23.2 Å². The summed E-state index contributed by atoms with van der Waals surface area (Å²) in [7, 11) is 0. The summed E-state index contributed by atoms with van der Waals surface area (Å²) in [4.78, 5) is 28.0. The Morgan fingerprint density at radius 3 is 1.30 bits per heavy atom. The second-order valence-corrected chi connectivity index (χ2v) is 12.2. The molecule has 2 aliphatic heterocycles. The summed E-state index contributed by atoms with van der Waals surface area (Å²) in [5, 5.41) is 6.14. The normalized spacial score (nSPS) is 17.0. The minimum atomic E-state index is -0.910. The van der Waals surface area contributed by atoms with Crippen molar-refractivity contribution in [3.63, 3.8) is 0 Å². The Bertz CT molecular complexity index is 1820.